The highest BCUT2D eigenvalue weighted by molar-refractivity contribution is 7.50. The fourth-order valence-electron chi connectivity index (χ4n) is 3.88. The van der Waals surface area contributed by atoms with Crippen LogP contribution in [0.4, 0.5) is 13.2 Å². The zero-order chi connectivity index (χ0) is 19.2. The van der Waals surface area contributed by atoms with E-state index in [-0.39, 0.29) is 12.0 Å². The predicted octanol–water partition coefficient (Wildman–Crippen LogP) is 2.09. The Kier molecular flexibility index (Phi) is 3.44. The van der Waals surface area contributed by atoms with E-state index in [1.165, 1.54) is 7.05 Å². The maximum atomic E-state index is 13.1. The van der Waals surface area contributed by atoms with Gasteiger partial charge >= 0.3 is 14.0 Å². The molecule has 142 valence electrons. The van der Waals surface area contributed by atoms with Gasteiger partial charge in [-0.25, -0.2) is 13.6 Å². The number of Topliss-reactive ketones (excluding diaryl/α,β-unsaturated/α-hetero) is 1. The molecule has 4 aliphatic rings. The number of rotatable bonds is 2. The van der Waals surface area contributed by atoms with Crippen LogP contribution in [0.2, 0.25) is 0 Å². The van der Waals surface area contributed by atoms with E-state index in [4.69, 9.17) is 13.6 Å². The second-order valence-electron chi connectivity index (χ2n) is 6.73. The highest BCUT2D eigenvalue weighted by Gasteiger charge is 2.84. The molecule has 2 bridgehead atoms. The van der Waals surface area contributed by atoms with Crippen LogP contribution in [0.1, 0.15) is 24.5 Å². The van der Waals surface area contributed by atoms with E-state index in [9.17, 15) is 27.6 Å². The first-order valence-corrected chi connectivity index (χ1v) is 9.20. The Morgan fingerprint density at radius 2 is 1.85 bits per heavy atom. The van der Waals surface area contributed by atoms with Crippen molar-refractivity contribution in [1.82, 2.24) is 5.32 Å². The Morgan fingerprint density at radius 1 is 1.27 bits per heavy atom. The summed E-state index contributed by atoms with van der Waals surface area (Å²) in [5.74, 6) is -2.65. The normalized spacial score (nSPS) is 44.5. The van der Waals surface area contributed by atoms with Crippen LogP contribution in [0.5, 0.6) is 0 Å². The molecular formula is C15H15F3NO6P. The highest BCUT2D eigenvalue weighted by atomic mass is 31.2. The lowest BCUT2D eigenvalue weighted by molar-refractivity contribution is -0.285. The quantitative estimate of drug-likeness (QED) is 0.744. The molecule has 3 heterocycles. The number of ketones is 1. The van der Waals surface area contributed by atoms with Crippen molar-refractivity contribution in [3.05, 3.63) is 35.4 Å². The van der Waals surface area contributed by atoms with Crippen LogP contribution in [-0.4, -0.2) is 35.4 Å². The number of nitrogens with one attached hydrogen (secondary N) is 1. The van der Waals surface area contributed by atoms with E-state index in [0.29, 0.717) is 0 Å². The summed E-state index contributed by atoms with van der Waals surface area (Å²) < 4.78 is 65.9. The number of alkyl halides is 3. The van der Waals surface area contributed by atoms with Crippen LogP contribution >= 0.6 is 7.82 Å². The molecular weight excluding hydrogens is 378 g/mol. The number of phosphoric acid groups is 1. The number of phosphoric ester groups is 1. The van der Waals surface area contributed by atoms with Gasteiger partial charge in [-0.05, 0) is 31.7 Å². The summed E-state index contributed by atoms with van der Waals surface area (Å²) in [4.78, 5) is 13.1. The van der Waals surface area contributed by atoms with Gasteiger partial charge in [0.1, 0.15) is 11.6 Å². The molecule has 1 aromatic carbocycles. The summed E-state index contributed by atoms with van der Waals surface area (Å²) in [5, 5.41) is 13.6. The Morgan fingerprint density at radius 3 is 2.35 bits per heavy atom. The van der Waals surface area contributed by atoms with Gasteiger partial charge in [0.05, 0.1) is 5.56 Å². The monoisotopic (exact) mass is 393 g/mol. The average Bonchev–Trinajstić information content (AvgIpc) is 2.99. The van der Waals surface area contributed by atoms with Gasteiger partial charge in [0.25, 0.3) is 5.79 Å². The predicted molar refractivity (Wildman–Crippen MR) is 79.8 cm³/mol. The number of hydrogen-bond acceptors (Lipinski definition) is 7. The average molecular weight is 393 g/mol. The summed E-state index contributed by atoms with van der Waals surface area (Å²) in [6.07, 6.45) is -5.68. The van der Waals surface area contributed by atoms with Gasteiger partial charge in [-0.2, -0.15) is 13.2 Å². The first-order chi connectivity index (χ1) is 11.9. The molecule has 7 nitrogen and oxygen atoms in total. The fourth-order valence-corrected chi connectivity index (χ4v) is 5.76. The van der Waals surface area contributed by atoms with Crippen molar-refractivity contribution in [2.45, 2.75) is 42.6 Å². The SMILES string of the molecule is CN[C@@]1(c2ccc(C(F)(F)F)cc2)CC2OP3(=O)OC2(O3)[C@@](C)(O)C1=O. The van der Waals surface area contributed by atoms with E-state index < -0.39 is 48.4 Å². The lowest BCUT2D eigenvalue weighted by Gasteiger charge is -2.53. The maximum absolute atomic E-state index is 13.1. The molecule has 3 saturated heterocycles. The Balaban J connectivity index is 1.79. The van der Waals surface area contributed by atoms with Gasteiger partial charge in [0.15, 0.2) is 11.4 Å². The van der Waals surface area contributed by atoms with E-state index in [1.54, 1.807) is 0 Å². The largest absolute Gasteiger partial charge is 0.480 e. The number of benzene rings is 1. The van der Waals surface area contributed by atoms with Crippen LogP contribution in [0.3, 0.4) is 0 Å². The zero-order valence-corrected chi connectivity index (χ0v) is 14.6. The van der Waals surface area contributed by atoms with Crippen LogP contribution in [-0.2, 0) is 34.6 Å². The smallest absolute Gasteiger partial charge is 0.377 e. The first kappa shape index (κ1) is 18.1. The van der Waals surface area contributed by atoms with Gasteiger partial charge in [-0.3, -0.25) is 9.32 Å². The third-order valence-electron chi connectivity index (χ3n) is 5.31. The van der Waals surface area contributed by atoms with Crippen molar-refractivity contribution < 1.29 is 41.2 Å². The number of hydrogen-bond donors (Lipinski definition) is 2. The maximum Gasteiger partial charge on any atom is 0.480 e. The fraction of sp³-hybridized carbons (Fsp3) is 0.533. The number of carbonyl (C=O) groups is 1. The molecule has 1 aromatic rings. The second-order valence-corrected chi connectivity index (χ2v) is 8.20. The minimum Gasteiger partial charge on any atom is -0.377 e. The van der Waals surface area contributed by atoms with Gasteiger partial charge in [0, 0.05) is 6.42 Å². The number of aliphatic hydroxyl groups is 1. The van der Waals surface area contributed by atoms with Crippen molar-refractivity contribution in [1.29, 1.82) is 0 Å². The number of likely N-dealkylation sites (N-methyl/N-ethyl adjacent to an activating group) is 1. The zero-order valence-electron chi connectivity index (χ0n) is 13.7. The van der Waals surface area contributed by atoms with Crippen molar-refractivity contribution in [3.63, 3.8) is 0 Å². The Labute approximate surface area is 146 Å². The number of carbonyl (C=O) groups excluding carboxylic acids is 1. The summed E-state index contributed by atoms with van der Waals surface area (Å²) in [7, 11) is -2.36. The van der Waals surface area contributed by atoms with E-state index >= 15 is 0 Å². The minimum absolute atomic E-state index is 0.131. The molecule has 5 rings (SSSR count). The van der Waals surface area contributed by atoms with E-state index in [2.05, 4.69) is 5.32 Å². The number of halogens is 3. The molecule has 1 spiro atoms. The van der Waals surface area contributed by atoms with Crippen molar-refractivity contribution in [2.24, 2.45) is 0 Å². The third-order valence-corrected chi connectivity index (χ3v) is 6.81. The van der Waals surface area contributed by atoms with E-state index in [0.717, 1.165) is 31.2 Å². The topological polar surface area (TPSA) is 94.1 Å². The molecule has 1 aliphatic carbocycles. The minimum atomic E-state index is -4.52. The first-order valence-electron chi connectivity index (χ1n) is 7.74. The van der Waals surface area contributed by atoms with Crippen molar-refractivity contribution in [2.75, 3.05) is 7.05 Å². The summed E-state index contributed by atoms with van der Waals surface area (Å²) in [6.45, 7) is 1.15. The highest BCUT2D eigenvalue weighted by Crippen LogP contribution is 2.78. The summed E-state index contributed by atoms with van der Waals surface area (Å²) in [5.41, 5.74) is -4.45. The summed E-state index contributed by atoms with van der Waals surface area (Å²) in [6, 6.07) is 4.03. The molecule has 0 aromatic heterocycles. The lowest BCUT2D eigenvalue weighted by Crippen LogP contribution is -2.75. The Hall–Kier alpha value is -1.29. The van der Waals surface area contributed by atoms with Gasteiger partial charge in [-0.1, -0.05) is 12.1 Å². The van der Waals surface area contributed by atoms with Gasteiger partial charge in [0.2, 0.25) is 0 Å². The van der Waals surface area contributed by atoms with E-state index in [1.807, 2.05) is 0 Å². The van der Waals surface area contributed by atoms with Crippen LogP contribution < -0.4 is 5.32 Å². The standard InChI is InChI=1S/C15H15F3NO6P/c1-12(21)11(20)13(19-2,7-10-14(12)24-26(22,23-10)25-14)8-3-5-9(6-4-8)15(16,17)18/h3-6,10,19,21H,7H2,1-2H3/t10?,12-,13+,14?,26?/m0/s1. The molecule has 1 unspecified atom stereocenters. The van der Waals surface area contributed by atoms with Crippen molar-refractivity contribution >= 4 is 13.6 Å². The molecule has 0 amide bonds. The molecule has 26 heavy (non-hydrogen) atoms. The molecule has 3 aliphatic heterocycles. The van der Waals surface area contributed by atoms with Crippen LogP contribution in [0, 0.1) is 0 Å². The van der Waals surface area contributed by atoms with Crippen LogP contribution in [0.25, 0.3) is 0 Å². The lowest BCUT2D eigenvalue weighted by atomic mass is 9.65. The summed E-state index contributed by atoms with van der Waals surface area (Å²) >= 11 is 0. The molecule has 11 heteroatoms. The molecule has 1 saturated carbocycles. The van der Waals surface area contributed by atoms with Crippen LogP contribution in [0.15, 0.2) is 24.3 Å². The second kappa shape index (κ2) is 4.95. The van der Waals surface area contributed by atoms with Gasteiger partial charge in [-0.15, -0.1) is 0 Å². The Bertz CT molecular complexity index is 829. The van der Waals surface area contributed by atoms with Crippen molar-refractivity contribution in [3.8, 4) is 0 Å². The molecule has 4 fully saturated rings. The third kappa shape index (κ3) is 2.02. The molecule has 0 radical (unpaired) electrons. The van der Waals surface area contributed by atoms with Gasteiger partial charge < -0.3 is 10.4 Å². The molecule has 3 atom stereocenters. The molecule has 2 N–H and O–H groups in total.